The van der Waals surface area contributed by atoms with E-state index in [-0.39, 0.29) is 5.41 Å². The first-order valence-corrected chi connectivity index (χ1v) is 5.35. The molecule has 0 aliphatic carbocycles. The number of alkyl halides is 1. The van der Waals surface area contributed by atoms with E-state index in [4.69, 9.17) is 16.3 Å². The largest absolute Gasteiger partial charge is 0.376 e. The minimum absolute atomic E-state index is 0.0658. The van der Waals surface area contributed by atoms with Crippen molar-refractivity contribution < 1.29 is 4.74 Å². The Morgan fingerprint density at radius 1 is 1.21 bits per heavy atom. The lowest BCUT2D eigenvalue weighted by molar-refractivity contribution is 0.0614. The summed E-state index contributed by atoms with van der Waals surface area (Å²) in [6.45, 7) is 5.57. The van der Waals surface area contributed by atoms with Gasteiger partial charge in [0.25, 0.3) is 0 Å². The van der Waals surface area contributed by atoms with E-state index in [2.05, 4.69) is 26.0 Å². The molecule has 0 heterocycles. The van der Waals surface area contributed by atoms with Crippen LogP contribution in [0.3, 0.4) is 0 Å². The molecule has 1 nitrogen and oxygen atoms in total. The zero-order valence-electron chi connectivity index (χ0n) is 8.79. The van der Waals surface area contributed by atoms with Gasteiger partial charge in [-0.05, 0) is 5.56 Å². The van der Waals surface area contributed by atoms with Gasteiger partial charge in [-0.25, -0.2) is 0 Å². The van der Waals surface area contributed by atoms with Gasteiger partial charge in [0.1, 0.15) is 0 Å². The highest BCUT2D eigenvalue weighted by Crippen LogP contribution is 2.17. The molecule has 0 aliphatic heterocycles. The average molecular weight is 213 g/mol. The molecule has 0 spiro atoms. The van der Waals surface area contributed by atoms with E-state index in [9.17, 15) is 0 Å². The van der Waals surface area contributed by atoms with Crippen molar-refractivity contribution in [2.24, 2.45) is 5.41 Å². The van der Waals surface area contributed by atoms with Crippen LogP contribution < -0.4 is 0 Å². The van der Waals surface area contributed by atoms with Crippen LogP contribution in [0.25, 0.3) is 0 Å². The Hall–Kier alpha value is -0.530. The van der Waals surface area contributed by atoms with E-state index in [0.717, 1.165) is 0 Å². The summed E-state index contributed by atoms with van der Waals surface area (Å²) in [6, 6.07) is 10.2. The van der Waals surface area contributed by atoms with E-state index >= 15 is 0 Å². The second-order valence-electron chi connectivity index (χ2n) is 4.28. The number of hydrogen-bond acceptors (Lipinski definition) is 1. The zero-order valence-corrected chi connectivity index (χ0v) is 9.55. The molecule has 2 heteroatoms. The number of benzene rings is 1. The van der Waals surface area contributed by atoms with Crippen molar-refractivity contribution >= 4 is 11.6 Å². The lowest BCUT2D eigenvalue weighted by atomic mass is 9.98. The Morgan fingerprint density at radius 2 is 1.86 bits per heavy atom. The molecule has 0 saturated carbocycles. The Kier molecular flexibility index (Phi) is 4.43. The second-order valence-corrected chi connectivity index (χ2v) is 4.54. The fraction of sp³-hybridized carbons (Fsp3) is 0.500. The normalized spacial score (nSPS) is 11.6. The third-order valence-electron chi connectivity index (χ3n) is 1.97. The maximum Gasteiger partial charge on any atom is 0.0717 e. The number of hydrogen-bond donors (Lipinski definition) is 0. The van der Waals surface area contributed by atoms with E-state index in [1.807, 2.05) is 18.2 Å². The molecule has 0 aromatic heterocycles. The molecule has 0 bridgehead atoms. The van der Waals surface area contributed by atoms with E-state index in [1.165, 1.54) is 5.56 Å². The lowest BCUT2D eigenvalue weighted by Crippen LogP contribution is -2.20. The van der Waals surface area contributed by atoms with Gasteiger partial charge in [-0.3, -0.25) is 0 Å². The summed E-state index contributed by atoms with van der Waals surface area (Å²) < 4.78 is 5.59. The molecule has 78 valence electrons. The number of ether oxygens (including phenoxy) is 1. The topological polar surface area (TPSA) is 9.23 Å². The third kappa shape index (κ3) is 4.12. The van der Waals surface area contributed by atoms with Crippen molar-refractivity contribution in [2.75, 3.05) is 12.5 Å². The predicted molar refractivity (Wildman–Crippen MR) is 60.6 cm³/mol. The maximum atomic E-state index is 5.79. The summed E-state index contributed by atoms with van der Waals surface area (Å²) >= 11 is 5.79. The Balaban J connectivity index is 2.29. The van der Waals surface area contributed by atoms with Crippen molar-refractivity contribution in [3.63, 3.8) is 0 Å². The van der Waals surface area contributed by atoms with Gasteiger partial charge in [-0.2, -0.15) is 0 Å². The van der Waals surface area contributed by atoms with Crippen LogP contribution in [0.4, 0.5) is 0 Å². The number of rotatable bonds is 5. The van der Waals surface area contributed by atoms with Crippen molar-refractivity contribution in [1.82, 2.24) is 0 Å². The maximum absolute atomic E-state index is 5.79. The van der Waals surface area contributed by atoms with Crippen molar-refractivity contribution in [3.8, 4) is 0 Å². The molecule has 1 rings (SSSR count). The summed E-state index contributed by atoms with van der Waals surface area (Å²) in [6.07, 6.45) is 0. The van der Waals surface area contributed by atoms with Crippen molar-refractivity contribution in [1.29, 1.82) is 0 Å². The highest BCUT2D eigenvalue weighted by atomic mass is 35.5. The molecule has 0 aliphatic rings. The average Bonchev–Trinajstić information content (AvgIpc) is 2.19. The van der Waals surface area contributed by atoms with Gasteiger partial charge in [-0.15, -0.1) is 11.6 Å². The van der Waals surface area contributed by atoms with Crippen LogP contribution in [-0.2, 0) is 11.3 Å². The Labute approximate surface area is 91.0 Å². The van der Waals surface area contributed by atoms with Gasteiger partial charge in [-0.1, -0.05) is 44.2 Å². The first kappa shape index (κ1) is 11.5. The quantitative estimate of drug-likeness (QED) is 0.680. The van der Waals surface area contributed by atoms with Crippen LogP contribution in [0, 0.1) is 5.41 Å². The van der Waals surface area contributed by atoms with Gasteiger partial charge < -0.3 is 4.74 Å². The molecular weight excluding hydrogens is 196 g/mol. The van der Waals surface area contributed by atoms with Crippen LogP contribution in [-0.4, -0.2) is 12.5 Å². The highest BCUT2D eigenvalue weighted by Gasteiger charge is 2.16. The molecule has 1 aromatic carbocycles. The van der Waals surface area contributed by atoms with Crippen molar-refractivity contribution in [3.05, 3.63) is 35.9 Å². The summed E-state index contributed by atoms with van der Waals surface area (Å²) in [5.41, 5.74) is 1.27. The van der Waals surface area contributed by atoms with Crippen LogP contribution >= 0.6 is 11.6 Å². The molecule has 0 amide bonds. The minimum Gasteiger partial charge on any atom is -0.376 e. The zero-order chi connectivity index (χ0) is 10.4. The summed E-state index contributed by atoms with van der Waals surface area (Å²) in [7, 11) is 0. The molecule has 0 unspecified atom stereocenters. The van der Waals surface area contributed by atoms with E-state index in [0.29, 0.717) is 19.1 Å². The molecular formula is C12H17ClO. The fourth-order valence-corrected chi connectivity index (χ4v) is 1.14. The third-order valence-corrected chi connectivity index (χ3v) is 2.69. The standard InChI is InChI=1S/C12H17ClO/c1-12(2,9-13)10-14-8-11-6-4-3-5-7-11/h3-7H,8-10H2,1-2H3. The summed E-state index contributed by atoms with van der Waals surface area (Å²) in [4.78, 5) is 0. The first-order chi connectivity index (χ1) is 6.64. The first-order valence-electron chi connectivity index (χ1n) is 4.82. The lowest BCUT2D eigenvalue weighted by Gasteiger charge is -2.20. The summed E-state index contributed by atoms with van der Waals surface area (Å²) in [5, 5.41) is 0. The highest BCUT2D eigenvalue weighted by molar-refractivity contribution is 6.18. The van der Waals surface area contributed by atoms with Crippen LogP contribution in [0.1, 0.15) is 19.4 Å². The van der Waals surface area contributed by atoms with Gasteiger partial charge in [0.2, 0.25) is 0 Å². The van der Waals surface area contributed by atoms with E-state index < -0.39 is 0 Å². The molecule has 0 fully saturated rings. The van der Waals surface area contributed by atoms with Gasteiger partial charge in [0.05, 0.1) is 13.2 Å². The van der Waals surface area contributed by atoms with Crippen LogP contribution in [0.5, 0.6) is 0 Å². The summed E-state index contributed by atoms with van der Waals surface area (Å²) in [5.74, 6) is 0.627. The molecule has 14 heavy (non-hydrogen) atoms. The van der Waals surface area contributed by atoms with Crippen LogP contribution in [0.2, 0.25) is 0 Å². The Bertz CT molecular complexity index is 256. The molecule has 0 atom stereocenters. The molecule has 0 saturated heterocycles. The SMILES string of the molecule is CC(C)(CCl)COCc1ccccc1. The second kappa shape index (κ2) is 5.38. The van der Waals surface area contributed by atoms with E-state index in [1.54, 1.807) is 0 Å². The van der Waals surface area contributed by atoms with Crippen molar-refractivity contribution in [2.45, 2.75) is 20.5 Å². The minimum atomic E-state index is 0.0658. The number of halogens is 1. The predicted octanol–water partition coefficient (Wildman–Crippen LogP) is 3.47. The fourth-order valence-electron chi connectivity index (χ4n) is 1.06. The Morgan fingerprint density at radius 3 is 2.43 bits per heavy atom. The molecule has 0 N–H and O–H groups in total. The monoisotopic (exact) mass is 212 g/mol. The van der Waals surface area contributed by atoms with Gasteiger partial charge >= 0.3 is 0 Å². The molecule has 1 aromatic rings. The molecule has 0 radical (unpaired) electrons. The van der Waals surface area contributed by atoms with Crippen LogP contribution in [0.15, 0.2) is 30.3 Å². The van der Waals surface area contributed by atoms with Gasteiger partial charge in [0, 0.05) is 11.3 Å². The van der Waals surface area contributed by atoms with Gasteiger partial charge in [0.15, 0.2) is 0 Å². The smallest absolute Gasteiger partial charge is 0.0717 e.